The number of nitrogens with one attached hydrogen (secondary N) is 1. The van der Waals surface area contributed by atoms with E-state index in [2.05, 4.69) is 58.1 Å². The van der Waals surface area contributed by atoms with Gasteiger partial charge in [-0.1, -0.05) is 18.2 Å². The fourth-order valence-corrected chi connectivity index (χ4v) is 3.27. The van der Waals surface area contributed by atoms with E-state index in [4.69, 9.17) is 0 Å². The van der Waals surface area contributed by atoms with Crippen molar-refractivity contribution in [1.29, 1.82) is 0 Å². The summed E-state index contributed by atoms with van der Waals surface area (Å²) in [6.07, 6.45) is 3.93. The summed E-state index contributed by atoms with van der Waals surface area (Å²) in [7, 11) is 0. The Morgan fingerprint density at radius 3 is 2.79 bits per heavy atom. The molecule has 4 aromatic rings. The summed E-state index contributed by atoms with van der Waals surface area (Å²) in [5.74, 6) is 1.06. The van der Waals surface area contributed by atoms with E-state index >= 15 is 0 Å². The standard InChI is InChI=1S/C19H21N5/c1-14(16-13-21-24-11-6-5-8-18(16)24)20-10-12-23-15(2)22-17-7-3-4-9-19(17)23/h3-9,11,13-14,20H,10,12H2,1-2H3. The zero-order valence-corrected chi connectivity index (χ0v) is 14.0. The number of hydrogen-bond donors (Lipinski definition) is 1. The molecule has 0 saturated heterocycles. The van der Waals surface area contributed by atoms with Crippen LogP contribution in [0.3, 0.4) is 0 Å². The molecule has 1 unspecified atom stereocenters. The van der Waals surface area contributed by atoms with E-state index in [0.29, 0.717) is 0 Å². The molecule has 0 saturated carbocycles. The Bertz CT molecular complexity index is 982. The van der Waals surface area contributed by atoms with Gasteiger partial charge in [-0.2, -0.15) is 5.10 Å². The van der Waals surface area contributed by atoms with Gasteiger partial charge in [0.25, 0.3) is 0 Å². The summed E-state index contributed by atoms with van der Waals surface area (Å²) in [5, 5.41) is 8.02. The van der Waals surface area contributed by atoms with Crippen LogP contribution in [0.5, 0.6) is 0 Å². The summed E-state index contributed by atoms with van der Waals surface area (Å²) in [6, 6.07) is 14.7. The lowest BCUT2D eigenvalue weighted by atomic mass is 10.1. The Kier molecular flexibility index (Phi) is 3.78. The van der Waals surface area contributed by atoms with Gasteiger partial charge in [0.2, 0.25) is 0 Å². The SMILES string of the molecule is Cc1nc2ccccc2n1CCNC(C)c1cnn2ccccc12. The maximum absolute atomic E-state index is 4.62. The molecule has 0 amide bonds. The highest BCUT2D eigenvalue weighted by Crippen LogP contribution is 2.19. The number of aromatic nitrogens is 4. The first-order valence-electron chi connectivity index (χ1n) is 8.31. The zero-order valence-electron chi connectivity index (χ0n) is 14.0. The molecule has 0 aliphatic rings. The molecule has 4 rings (SSSR count). The van der Waals surface area contributed by atoms with Gasteiger partial charge in [0.1, 0.15) is 5.82 Å². The number of nitrogens with zero attached hydrogens (tertiary/aromatic N) is 4. The second-order valence-electron chi connectivity index (χ2n) is 6.11. The molecule has 0 bridgehead atoms. The Morgan fingerprint density at radius 2 is 1.88 bits per heavy atom. The number of pyridine rings is 1. The molecule has 122 valence electrons. The van der Waals surface area contributed by atoms with Crippen LogP contribution < -0.4 is 5.32 Å². The van der Waals surface area contributed by atoms with E-state index in [1.165, 1.54) is 11.1 Å². The van der Waals surface area contributed by atoms with Crippen molar-refractivity contribution in [2.24, 2.45) is 0 Å². The minimum Gasteiger partial charge on any atom is -0.327 e. The highest BCUT2D eigenvalue weighted by molar-refractivity contribution is 5.75. The summed E-state index contributed by atoms with van der Waals surface area (Å²) >= 11 is 0. The van der Waals surface area contributed by atoms with Crippen LogP contribution in [0, 0.1) is 6.92 Å². The van der Waals surface area contributed by atoms with E-state index in [0.717, 1.165) is 29.9 Å². The molecular weight excluding hydrogens is 298 g/mol. The minimum absolute atomic E-state index is 0.250. The van der Waals surface area contributed by atoms with Crippen LogP contribution in [0.4, 0.5) is 0 Å². The van der Waals surface area contributed by atoms with Crippen LogP contribution in [0.15, 0.2) is 54.9 Å². The number of fused-ring (bicyclic) bond motifs is 2. The number of rotatable bonds is 5. The molecule has 24 heavy (non-hydrogen) atoms. The van der Waals surface area contributed by atoms with Crippen molar-refractivity contribution in [2.45, 2.75) is 26.4 Å². The van der Waals surface area contributed by atoms with Gasteiger partial charge in [0.15, 0.2) is 0 Å². The lowest BCUT2D eigenvalue weighted by Crippen LogP contribution is -2.23. The fraction of sp³-hybridized carbons (Fsp3) is 0.263. The van der Waals surface area contributed by atoms with Gasteiger partial charge in [-0.3, -0.25) is 0 Å². The van der Waals surface area contributed by atoms with Crippen molar-refractivity contribution in [3.05, 3.63) is 66.2 Å². The zero-order chi connectivity index (χ0) is 16.5. The molecule has 0 aliphatic carbocycles. The van der Waals surface area contributed by atoms with E-state index < -0.39 is 0 Å². The Balaban J connectivity index is 1.48. The second kappa shape index (κ2) is 6.09. The number of aryl methyl sites for hydroxylation is 1. The Hall–Kier alpha value is -2.66. The van der Waals surface area contributed by atoms with E-state index in [9.17, 15) is 0 Å². The van der Waals surface area contributed by atoms with Crippen molar-refractivity contribution in [3.8, 4) is 0 Å². The highest BCUT2D eigenvalue weighted by atomic mass is 15.2. The van der Waals surface area contributed by atoms with Crippen molar-refractivity contribution in [1.82, 2.24) is 24.5 Å². The van der Waals surface area contributed by atoms with Crippen molar-refractivity contribution >= 4 is 16.6 Å². The molecule has 5 heteroatoms. The third kappa shape index (κ3) is 2.57. The lowest BCUT2D eigenvalue weighted by Gasteiger charge is -2.14. The molecule has 3 heterocycles. The predicted molar refractivity (Wildman–Crippen MR) is 96.1 cm³/mol. The Morgan fingerprint density at radius 1 is 1.08 bits per heavy atom. The first kappa shape index (κ1) is 14.9. The summed E-state index contributed by atoms with van der Waals surface area (Å²) in [4.78, 5) is 4.62. The lowest BCUT2D eigenvalue weighted by molar-refractivity contribution is 0.533. The van der Waals surface area contributed by atoms with Gasteiger partial charge in [-0.05, 0) is 38.1 Å². The summed E-state index contributed by atoms with van der Waals surface area (Å²) in [6.45, 7) is 6.03. The van der Waals surface area contributed by atoms with Gasteiger partial charge >= 0.3 is 0 Å². The van der Waals surface area contributed by atoms with Gasteiger partial charge in [0, 0.05) is 30.9 Å². The summed E-state index contributed by atoms with van der Waals surface area (Å²) in [5.41, 5.74) is 4.63. The highest BCUT2D eigenvalue weighted by Gasteiger charge is 2.12. The van der Waals surface area contributed by atoms with Crippen LogP contribution in [0.25, 0.3) is 16.6 Å². The van der Waals surface area contributed by atoms with Crippen LogP contribution in [0.1, 0.15) is 24.4 Å². The van der Waals surface area contributed by atoms with Crippen molar-refractivity contribution in [2.75, 3.05) is 6.54 Å². The fourth-order valence-electron chi connectivity index (χ4n) is 3.27. The predicted octanol–water partition coefficient (Wildman–Crippen LogP) is 3.34. The molecule has 1 atom stereocenters. The molecular formula is C19H21N5. The average molecular weight is 319 g/mol. The third-order valence-electron chi connectivity index (χ3n) is 4.55. The third-order valence-corrected chi connectivity index (χ3v) is 4.55. The molecule has 0 spiro atoms. The summed E-state index contributed by atoms with van der Waals surface area (Å²) < 4.78 is 4.19. The smallest absolute Gasteiger partial charge is 0.106 e. The first-order chi connectivity index (χ1) is 11.7. The number of imidazole rings is 1. The number of para-hydroxylation sites is 2. The van der Waals surface area contributed by atoms with E-state index in [1.54, 1.807) is 0 Å². The second-order valence-corrected chi connectivity index (χ2v) is 6.11. The monoisotopic (exact) mass is 319 g/mol. The maximum Gasteiger partial charge on any atom is 0.106 e. The number of benzene rings is 1. The van der Waals surface area contributed by atoms with Crippen molar-refractivity contribution < 1.29 is 0 Å². The molecule has 1 N–H and O–H groups in total. The van der Waals surface area contributed by atoms with Crippen LogP contribution in [-0.4, -0.2) is 25.7 Å². The molecule has 3 aromatic heterocycles. The normalized spacial score (nSPS) is 12.9. The molecule has 0 aliphatic heterocycles. The molecule has 5 nitrogen and oxygen atoms in total. The molecule has 0 fully saturated rings. The van der Waals surface area contributed by atoms with Crippen molar-refractivity contribution in [3.63, 3.8) is 0 Å². The average Bonchev–Trinajstić information content (AvgIpc) is 3.16. The van der Waals surface area contributed by atoms with Crippen LogP contribution >= 0.6 is 0 Å². The first-order valence-corrected chi connectivity index (χ1v) is 8.31. The van der Waals surface area contributed by atoms with E-state index in [-0.39, 0.29) is 6.04 Å². The van der Waals surface area contributed by atoms with Gasteiger partial charge < -0.3 is 9.88 Å². The van der Waals surface area contributed by atoms with Gasteiger partial charge in [0.05, 0.1) is 22.7 Å². The quantitative estimate of drug-likeness (QED) is 0.614. The van der Waals surface area contributed by atoms with Gasteiger partial charge in [-0.25, -0.2) is 9.50 Å². The largest absolute Gasteiger partial charge is 0.327 e. The van der Waals surface area contributed by atoms with Crippen LogP contribution in [0.2, 0.25) is 0 Å². The van der Waals surface area contributed by atoms with E-state index in [1.807, 2.05) is 35.1 Å². The maximum atomic E-state index is 4.62. The molecule has 1 aromatic carbocycles. The number of hydrogen-bond acceptors (Lipinski definition) is 3. The topological polar surface area (TPSA) is 47.2 Å². The Labute approximate surface area is 140 Å². The van der Waals surface area contributed by atoms with Crippen LogP contribution in [-0.2, 0) is 6.54 Å². The van der Waals surface area contributed by atoms with Gasteiger partial charge in [-0.15, -0.1) is 0 Å². The minimum atomic E-state index is 0.250. The molecule has 0 radical (unpaired) electrons.